The van der Waals surface area contributed by atoms with Gasteiger partial charge in [0.1, 0.15) is 42.7 Å². The molecule has 130 valence electrons. The van der Waals surface area contributed by atoms with Crippen molar-refractivity contribution >= 4 is 0 Å². The maximum atomic E-state index is 9.91. The molecule has 0 aromatic carbocycles. The number of aliphatic hydroxyl groups excluding tert-OH is 7. The number of aliphatic hydroxyl groups is 7. The van der Waals surface area contributed by atoms with E-state index < -0.39 is 68.0 Å². The summed E-state index contributed by atoms with van der Waals surface area (Å²) in [7, 11) is 0. The monoisotopic (exact) mass is 326 g/mol. The van der Waals surface area contributed by atoms with Gasteiger partial charge in [0.2, 0.25) is 0 Å². The minimum absolute atomic E-state index is 0.683. The summed E-state index contributed by atoms with van der Waals surface area (Å²) in [5.41, 5.74) is 0. The Morgan fingerprint density at radius 1 is 0.955 bits per heavy atom. The van der Waals surface area contributed by atoms with Gasteiger partial charge in [-0.1, -0.05) is 0 Å². The van der Waals surface area contributed by atoms with E-state index in [-0.39, 0.29) is 0 Å². The van der Waals surface area contributed by atoms with Gasteiger partial charge in [0.05, 0.1) is 12.7 Å². The number of rotatable bonds is 4. The van der Waals surface area contributed by atoms with Crippen LogP contribution in [-0.2, 0) is 14.2 Å². The van der Waals surface area contributed by atoms with Crippen molar-refractivity contribution in [3.8, 4) is 0 Å². The zero-order valence-electron chi connectivity index (χ0n) is 11.8. The Bertz CT molecular complexity index is 368. The number of hydrogen-bond acceptors (Lipinski definition) is 10. The SMILES string of the molecule is C[C@@H]1O[C@@H](O)[C@H](O)[C@H](O)[C@H]1O[C@@H]1O[C@@H](C(O)CO)[C@H](O)[C@H]1O. The first-order valence-corrected chi connectivity index (χ1v) is 6.93. The number of hydrogen-bond donors (Lipinski definition) is 7. The highest BCUT2D eigenvalue weighted by Crippen LogP contribution is 2.29. The van der Waals surface area contributed by atoms with Crippen molar-refractivity contribution in [3.05, 3.63) is 0 Å². The van der Waals surface area contributed by atoms with Crippen LogP contribution in [0.1, 0.15) is 6.92 Å². The van der Waals surface area contributed by atoms with Gasteiger partial charge in [0, 0.05) is 0 Å². The van der Waals surface area contributed by atoms with Gasteiger partial charge >= 0.3 is 0 Å². The van der Waals surface area contributed by atoms with E-state index in [0.29, 0.717) is 0 Å². The maximum absolute atomic E-state index is 9.91. The minimum Gasteiger partial charge on any atom is -0.394 e. The van der Waals surface area contributed by atoms with Crippen LogP contribution in [-0.4, -0.2) is 104 Å². The zero-order chi connectivity index (χ0) is 16.6. The quantitative estimate of drug-likeness (QED) is 0.268. The van der Waals surface area contributed by atoms with Crippen molar-refractivity contribution < 1.29 is 50.0 Å². The van der Waals surface area contributed by atoms with E-state index in [1.54, 1.807) is 0 Å². The van der Waals surface area contributed by atoms with Crippen molar-refractivity contribution in [1.82, 2.24) is 0 Å². The normalized spacial score (nSPS) is 51.0. The van der Waals surface area contributed by atoms with Gasteiger partial charge in [0.25, 0.3) is 0 Å². The summed E-state index contributed by atoms with van der Waals surface area (Å²) < 4.78 is 15.5. The summed E-state index contributed by atoms with van der Waals surface area (Å²) in [4.78, 5) is 0. The van der Waals surface area contributed by atoms with E-state index in [1.807, 2.05) is 0 Å². The molecule has 0 bridgehead atoms. The third kappa shape index (κ3) is 3.26. The van der Waals surface area contributed by atoms with Crippen molar-refractivity contribution in [2.45, 2.75) is 68.3 Å². The van der Waals surface area contributed by atoms with Gasteiger partial charge in [-0.05, 0) is 6.92 Å². The average molecular weight is 326 g/mol. The van der Waals surface area contributed by atoms with Gasteiger partial charge in [-0.2, -0.15) is 0 Å². The van der Waals surface area contributed by atoms with E-state index in [1.165, 1.54) is 6.92 Å². The first kappa shape index (κ1) is 17.9. The third-order valence-corrected chi connectivity index (χ3v) is 3.91. The van der Waals surface area contributed by atoms with Crippen LogP contribution in [0, 0.1) is 0 Å². The van der Waals surface area contributed by atoms with Crippen molar-refractivity contribution in [2.75, 3.05) is 6.61 Å². The van der Waals surface area contributed by atoms with Crippen LogP contribution in [0.15, 0.2) is 0 Å². The summed E-state index contributed by atoms with van der Waals surface area (Å²) in [6, 6.07) is 0. The van der Waals surface area contributed by atoms with Crippen LogP contribution in [0.25, 0.3) is 0 Å². The Morgan fingerprint density at radius 2 is 1.59 bits per heavy atom. The molecule has 10 atom stereocenters. The summed E-state index contributed by atoms with van der Waals surface area (Å²) in [5, 5.41) is 66.9. The van der Waals surface area contributed by atoms with E-state index in [4.69, 9.17) is 19.3 Å². The van der Waals surface area contributed by atoms with Gasteiger partial charge in [-0.3, -0.25) is 0 Å². The molecule has 2 aliphatic rings. The summed E-state index contributed by atoms with van der Waals surface area (Å²) in [6.07, 6.45) is -13.8. The molecule has 10 nitrogen and oxygen atoms in total. The van der Waals surface area contributed by atoms with Crippen molar-refractivity contribution in [1.29, 1.82) is 0 Å². The van der Waals surface area contributed by atoms with Gasteiger partial charge < -0.3 is 50.0 Å². The lowest BCUT2D eigenvalue weighted by Gasteiger charge is -2.40. The van der Waals surface area contributed by atoms with Crippen LogP contribution in [0.3, 0.4) is 0 Å². The summed E-state index contributed by atoms with van der Waals surface area (Å²) >= 11 is 0. The first-order chi connectivity index (χ1) is 10.3. The molecule has 7 N–H and O–H groups in total. The Kier molecular flexibility index (Phi) is 5.72. The van der Waals surface area contributed by atoms with Crippen LogP contribution in [0.4, 0.5) is 0 Å². The lowest BCUT2D eigenvalue weighted by atomic mass is 9.99. The minimum atomic E-state index is -1.61. The average Bonchev–Trinajstić information content (AvgIpc) is 2.77. The largest absolute Gasteiger partial charge is 0.394 e. The van der Waals surface area contributed by atoms with E-state index in [9.17, 15) is 30.6 Å². The van der Waals surface area contributed by atoms with E-state index >= 15 is 0 Å². The second-order valence-corrected chi connectivity index (χ2v) is 5.51. The van der Waals surface area contributed by atoms with Crippen LogP contribution in [0.2, 0.25) is 0 Å². The van der Waals surface area contributed by atoms with E-state index in [0.717, 1.165) is 0 Å². The van der Waals surface area contributed by atoms with Gasteiger partial charge in [0.15, 0.2) is 12.6 Å². The molecule has 2 heterocycles. The zero-order valence-corrected chi connectivity index (χ0v) is 11.8. The highest BCUT2D eigenvalue weighted by Gasteiger charge is 2.50. The Balaban J connectivity index is 2.04. The smallest absolute Gasteiger partial charge is 0.187 e. The lowest BCUT2D eigenvalue weighted by Crippen LogP contribution is -2.58. The fourth-order valence-electron chi connectivity index (χ4n) is 2.57. The molecule has 1 unspecified atom stereocenters. The molecule has 0 aliphatic carbocycles. The first-order valence-electron chi connectivity index (χ1n) is 6.93. The fraction of sp³-hybridized carbons (Fsp3) is 1.00. The maximum Gasteiger partial charge on any atom is 0.187 e. The van der Waals surface area contributed by atoms with Crippen LogP contribution < -0.4 is 0 Å². The topological polar surface area (TPSA) is 169 Å². The fourth-order valence-corrected chi connectivity index (χ4v) is 2.57. The molecular weight excluding hydrogens is 304 g/mol. The molecule has 2 aliphatic heterocycles. The second kappa shape index (κ2) is 7.01. The molecule has 0 amide bonds. The lowest BCUT2D eigenvalue weighted by molar-refractivity contribution is -0.314. The number of ether oxygens (including phenoxy) is 3. The highest BCUT2D eigenvalue weighted by molar-refractivity contribution is 4.93. The Hall–Kier alpha value is -0.400. The van der Waals surface area contributed by atoms with E-state index in [2.05, 4.69) is 0 Å². The third-order valence-electron chi connectivity index (χ3n) is 3.91. The molecule has 2 rings (SSSR count). The Labute approximate surface area is 126 Å². The Morgan fingerprint density at radius 3 is 2.18 bits per heavy atom. The predicted octanol–water partition coefficient (Wildman–Crippen LogP) is -4.37. The molecule has 0 spiro atoms. The molecule has 0 aromatic rings. The van der Waals surface area contributed by atoms with Crippen molar-refractivity contribution in [3.63, 3.8) is 0 Å². The molecule has 0 aromatic heterocycles. The molecule has 10 heteroatoms. The van der Waals surface area contributed by atoms with Crippen LogP contribution in [0.5, 0.6) is 0 Å². The second-order valence-electron chi connectivity index (χ2n) is 5.51. The summed E-state index contributed by atoms with van der Waals surface area (Å²) in [6.45, 7) is 0.790. The standard InChI is InChI=1S/C12H22O10/c1-3-9(5(15)7(17)11(19)20-3)21-12-8(18)6(16)10(22-12)4(14)2-13/h3-19H,2H2,1H3/t3-,4?,5-,6+,7+,8+,9-,10-,11+,12+/m0/s1. The summed E-state index contributed by atoms with van der Waals surface area (Å²) in [5.74, 6) is 0. The predicted molar refractivity (Wildman–Crippen MR) is 67.2 cm³/mol. The van der Waals surface area contributed by atoms with Gasteiger partial charge in [-0.25, -0.2) is 0 Å². The molecule has 0 radical (unpaired) electrons. The molecule has 2 saturated heterocycles. The molecule has 22 heavy (non-hydrogen) atoms. The van der Waals surface area contributed by atoms with Crippen molar-refractivity contribution in [2.24, 2.45) is 0 Å². The highest BCUT2D eigenvalue weighted by atomic mass is 16.7. The molecule has 0 saturated carbocycles. The molecular formula is C12H22O10. The van der Waals surface area contributed by atoms with Crippen LogP contribution >= 0.6 is 0 Å². The van der Waals surface area contributed by atoms with Gasteiger partial charge in [-0.15, -0.1) is 0 Å². The molecule has 2 fully saturated rings.